The average molecular weight is 376 g/mol. The predicted molar refractivity (Wildman–Crippen MR) is 114 cm³/mol. The number of aromatic nitrogens is 2. The number of benzene rings is 1. The summed E-state index contributed by atoms with van der Waals surface area (Å²) in [7, 11) is 0. The number of nitrogens with two attached hydrogens (primary N) is 1. The van der Waals surface area contributed by atoms with Crippen molar-refractivity contribution < 1.29 is 4.79 Å². The molecule has 0 atom stereocenters. The highest BCUT2D eigenvalue weighted by Gasteiger charge is 2.26. The number of nitrogens with zero attached hydrogens (tertiary/aromatic N) is 2. The van der Waals surface area contributed by atoms with Crippen molar-refractivity contribution in [2.75, 3.05) is 0 Å². The molecule has 1 amide bonds. The quantitative estimate of drug-likeness (QED) is 0.662. The van der Waals surface area contributed by atoms with E-state index in [9.17, 15) is 4.79 Å². The van der Waals surface area contributed by atoms with Crippen LogP contribution >= 0.6 is 0 Å². The number of rotatable bonds is 5. The normalized spacial score (nSPS) is 15.2. The fraction of sp³-hybridized carbons (Fsp3) is 0.417. The van der Waals surface area contributed by atoms with E-state index in [-0.39, 0.29) is 5.91 Å². The molecule has 1 saturated carbocycles. The van der Waals surface area contributed by atoms with Crippen LogP contribution in [-0.2, 0) is 13.0 Å². The molecule has 0 saturated heterocycles. The van der Waals surface area contributed by atoms with Gasteiger partial charge < -0.3 is 10.3 Å². The summed E-state index contributed by atoms with van der Waals surface area (Å²) in [6.07, 6.45) is 7.38. The van der Waals surface area contributed by atoms with Gasteiger partial charge in [-0.3, -0.25) is 4.79 Å². The summed E-state index contributed by atoms with van der Waals surface area (Å²) in [5, 5.41) is 1.10. The van der Waals surface area contributed by atoms with Crippen LogP contribution in [0, 0.1) is 12.8 Å². The number of hydrogen-bond acceptors (Lipinski definition) is 2. The van der Waals surface area contributed by atoms with E-state index in [1.54, 1.807) is 0 Å². The monoisotopic (exact) mass is 375 g/mol. The Morgan fingerprint density at radius 2 is 1.89 bits per heavy atom. The van der Waals surface area contributed by atoms with Crippen LogP contribution in [0.25, 0.3) is 22.2 Å². The lowest BCUT2D eigenvalue weighted by atomic mass is 9.89. The summed E-state index contributed by atoms with van der Waals surface area (Å²) in [6, 6.07) is 12.2. The molecular formula is C24H29N3O. The summed E-state index contributed by atoms with van der Waals surface area (Å²) in [4.78, 5) is 17.3. The first kappa shape index (κ1) is 18.7. The second-order valence-electron chi connectivity index (χ2n) is 8.00. The topological polar surface area (TPSA) is 60.9 Å². The van der Waals surface area contributed by atoms with Crippen molar-refractivity contribution in [1.82, 2.24) is 9.55 Å². The number of carbonyl (C=O) groups excluding carboxylic acids is 1. The van der Waals surface area contributed by atoms with Gasteiger partial charge in [0.2, 0.25) is 0 Å². The highest BCUT2D eigenvalue weighted by molar-refractivity contribution is 6.02. The summed E-state index contributed by atoms with van der Waals surface area (Å²) >= 11 is 0. The molecule has 0 aliphatic heterocycles. The van der Waals surface area contributed by atoms with Gasteiger partial charge in [-0.15, -0.1) is 0 Å². The second-order valence-corrected chi connectivity index (χ2v) is 8.00. The van der Waals surface area contributed by atoms with E-state index in [1.807, 2.05) is 31.2 Å². The van der Waals surface area contributed by atoms with Crippen LogP contribution in [-0.4, -0.2) is 15.5 Å². The van der Waals surface area contributed by atoms with Crippen LogP contribution in [0.1, 0.15) is 60.8 Å². The van der Waals surface area contributed by atoms with Crippen LogP contribution in [0.4, 0.5) is 0 Å². The number of fused-ring (bicyclic) bond motifs is 1. The molecule has 4 nitrogen and oxygen atoms in total. The second kappa shape index (κ2) is 7.78. The summed E-state index contributed by atoms with van der Waals surface area (Å²) in [6.45, 7) is 5.16. The van der Waals surface area contributed by atoms with Crippen molar-refractivity contribution in [2.24, 2.45) is 11.7 Å². The minimum absolute atomic E-state index is 0.362. The van der Waals surface area contributed by atoms with Gasteiger partial charge in [-0.05, 0) is 44.2 Å². The van der Waals surface area contributed by atoms with Gasteiger partial charge in [0, 0.05) is 28.9 Å². The zero-order chi connectivity index (χ0) is 19.7. The smallest absolute Gasteiger partial charge is 0.251 e. The lowest BCUT2D eigenvalue weighted by Crippen LogP contribution is -2.17. The molecular weight excluding hydrogens is 346 g/mol. The Morgan fingerprint density at radius 1 is 1.14 bits per heavy atom. The van der Waals surface area contributed by atoms with Gasteiger partial charge in [-0.25, -0.2) is 4.98 Å². The van der Waals surface area contributed by atoms with Crippen molar-refractivity contribution in [1.29, 1.82) is 0 Å². The van der Waals surface area contributed by atoms with Gasteiger partial charge >= 0.3 is 0 Å². The van der Waals surface area contributed by atoms with Gasteiger partial charge in [-0.1, -0.05) is 50.5 Å². The SMILES string of the molecule is CCc1c(-c2ccc3ccccc3n2)c(C(N)=O)c(C)n1CC1CCCCC1. The van der Waals surface area contributed by atoms with Gasteiger partial charge in [-0.2, -0.15) is 0 Å². The summed E-state index contributed by atoms with van der Waals surface area (Å²) < 4.78 is 2.35. The molecule has 0 radical (unpaired) electrons. The summed E-state index contributed by atoms with van der Waals surface area (Å²) in [5.41, 5.74) is 11.4. The number of hydrogen-bond donors (Lipinski definition) is 1. The fourth-order valence-corrected chi connectivity index (χ4v) is 4.82. The molecule has 3 aromatic rings. The zero-order valence-corrected chi connectivity index (χ0v) is 16.9. The number of amides is 1. The third kappa shape index (κ3) is 3.32. The Labute approximate surface area is 166 Å². The standard InChI is InChI=1S/C24H29N3O/c1-3-21-23(20-14-13-18-11-7-8-12-19(18)26-20)22(24(25)28)16(2)27(21)15-17-9-5-4-6-10-17/h7-8,11-14,17H,3-6,9-10,15H2,1-2H3,(H2,25,28). The molecule has 146 valence electrons. The lowest BCUT2D eigenvalue weighted by molar-refractivity contribution is 0.1000. The van der Waals surface area contributed by atoms with Crippen LogP contribution in [0.5, 0.6) is 0 Å². The van der Waals surface area contributed by atoms with Crippen molar-refractivity contribution in [3.8, 4) is 11.3 Å². The van der Waals surface area contributed by atoms with E-state index in [1.165, 1.54) is 37.8 Å². The maximum Gasteiger partial charge on any atom is 0.251 e. The minimum Gasteiger partial charge on any atom is -0.366 e. The molecule has 4 heteroatoms. The van der Waals surface area contributed by atoms with Crippen LogP contribution in [0.15, 0.2) is 36.4 Å². The number of pyridine rings is 1. The van der Waals surface area contributed by atoms with Crippen molar-refractivity contribution >= 4 is 16.8 Å². The molecule has 2 aromatic heterocycles. The summed E-state index contributed by atoms with van der Waals surface area (Å²) in [5.74, 6) is 0.322. The van der Waals surface area contributed by atoms with Crippen LogP contribution < -0.4 is 5.73 Å². The molecule has 2 N–H and O–H groups in total. The fourth-order valence-electron chi connectivity index (χ4n) is 4.82. The first-order valence-corrected chi connectivity index (χ1v) is 10.5. The van der Waals surface area contributed by atoms with Gasteiger partial charge in [0.15, 0.2) is 0 Å². The van der Waals surface area contributed by atoms with Gasteiger partial charge in [0.25, 0.3) is 5.91 Å². The molecule has 1 fully saturated rings. The molecule has 4 rings (SSSR count). The van der Waals surface area contributed by atoms with E-state index in [0.717, 1.165) is 40.8 Å². The molecule has 1 aliphatic carbocycles. The van der Waals surface area contributed by atoms with Crippen LogP contribution in [0.3, 0.4) is 0 Å². The Hall–Kier alpha value is -2.62. The van der Waals surface area contributed by atoms with Crippen molar-refractivity contribution in [3.63, 3.8) is 0 Å². The van der Waals surface area contributed by atoms with E-state index < -0.39 is 0 Å². The van der Waals surface area contributed by atoms with E-state index in [2.05, 4.69) is 23.6 Å². The largest absolute Gasteiger partial charge is 0.366 e. The van der Waals surface area contributed by atoms with E-state index in [4.69, 9.17) is 10.7 Å². The predicted octanol–water partition coefficient (Wildman–Crippen LogP) is 5.25. The van der Waals surface area contributed by atoms with E-state index >= 15 is 0 Å². The van der Waals surface area contributed by atoms with E-state index in [0.29, 0.717) is 11.5 Å². The molecule has 2 heterocycles. The average Bonchev–Trinajstić information content (AvgIpc) is 3.00. The molecule has 0 spiro atoms. The lowest BCUT2D eigenvalue weighted by Gasteiger charge is -2.24. The maximum absolute atomic E-state index is 12.4. The molecule has 28 heavy (non-hydrogen) atoms. The molecule has 0 unspecified atom stereocenters. The maximum atomic E-state index is 12.4. The van der Waals surface area contributed by atoms with Crippen molar-refractivity contribution in [3.05, 3.63) is 53.3 Å². The molecule has 1 aliphatic rings. The third-order valence-corrected chi connectivity index (χ3v) is 6.23. The molecule has 0 bridgehead atoms. The van der Waals surface area contributed by atoms with Crippen molar-refractivity contribution in [2.45, 2.75) is 58.9 Å². The third-order valence-electron chi connectivity index (χ3n) is 6.23. The number of carbonyl (C=O) groups is 1. The van der Waals surface area contributed by atoms with Crippen LogP contribution in [0.2, 0.25) is 0 Å². The minimum atomic E-state index is -0.362. The Bertz CT molecular complexity index is 1010. The highest BCUT2D eigenvalue weighted by Crippen LogP contribution is 2.35. The van der Waals surface area contributed by atoms with Gasteiger partial charge in [0.1, 0.15) is 0 Å². The Balaban J connectivity index is 1.86. The molecule has 1 aromatic carbocycles. The van der Waals surface area contributed by atoms with Gasteiger partial charge in [0.05, 0.1) is 16.8 Å². The highest BCUT2D eigenvalue weighted by atomic mass is 16.1. The number of para-hydroxylation sites is 1. The Kier molecular flexibility index (Phi) is 5.21. The first-order valence-electron chi connectivity index (χ1n) is 10.5. The number of primary amides is 1. The first-order chi connectivity index (χ1) is 13.6. The Morgan fingerprint density at radius 3 is 2.61 bits per heavy atom. The zero-order valence-electron chi connectivity index (χ0n) is 16.9.